The van der Waals surface area contributed by atoms with Crippen LogP contribution in [-0.4, -0.2) is 50.0 Å². The highest BCUT2D eigenvalue weighted by Crippen LogP contribution is 2.27. The molecule has 0 radical (unpaired) electrons. The Labute approximate surface area is 117 Å². The summed E-state index contributed by atoms with van der Waals surface area (Å²) in [5, 5.41) is 15.0. The Kier molecular flexibility index (Phi) is 4.24. The van der Waals surface area contributed by atoms with Gasteiger partial charge in [0.2, 0.25) is 0 Å². The second kappa shape index (κ2) is 5.73. The number of likely N-dealkylation sites (N-methyl/N-ethyl adjacent to an activating group) is 1. The highest BCUT2D eigenvalue weighted by molar-refractivity contribution is 6.31. The summed E-state index contributed by atoms with van der Waals surface area (Å²) in [6, 6.07) is 0. The van der Waals surface area contributed by atoms with Gasteiger partial charge in [0, 0.05) is 19.8 Å². The number of rotatable bonds is 5. The first-order valence-electron chi connectivity index (χ1n) is 6.01. The van der Waals surface area contributed by atoms with Crippen LogP contribution >= 0.6 is 11.6 Å². The second-order valence-corrected chi connectivity index (χ2v) is 5.18. The summed E-state index contributed by atoms with van der Waals surface area (Å²) < 4.78 is 3.51. The molecule has 1 N–H and O–H groups in total. The molecule has 2 aromatic rings. The third-order valence-electron chi connectivity index (χ3n) is 2.86. The van der Waals surface area contributed by atoms with Gasteiger partial charge in [-0.15, -0.1) is 0 Å². The Morgan fingerprint density at radius 1 is 1.47 bits per heavy atom. The number of hydrogen-bond acceptors (Lipinski definition) is 4. The minimum atomic E-state index is -0.863. The molecule has 19 heavy (non-hydrogen) atoms. The van der Waals surface area contributed by atoms with E-state index in [1.54, 1.807) is 28.0 Å². The molecular formula is C12H18ClN5O. The standard InChI is InChI=1S/C12H18ClN5O/c1-16(2)4-5-18-11(9(13)6-15-18)12(19)10-7-17(3)8-14-10/h6-8,12,19H,4-5H2,1-3H3. The topological polar surface area (TPSA) is 59.1 Å². The van der Waals surface area contributed by atoms with E-state index >= 15 is 0 Å². The van der Waals surface area contributed by atoms with Gasteiger partial charge in [0.1, 0.15) is 6.10 Å². The maximum absolute atomic E-state index is 10.4. The van der Waals surface area contributed by atoms with Gasteiger partial charge in [-0.05, 0) is 14.1 Å². The largest absolute Gasteiger partial charge is 0.380 e. The van der Waals surface area contributed by atoms with Gasteiger partial charge in [-0.25, -0.2) is 4.98 Å². The summed E-state index contributed by atoms with van der Waals surface area (Å²) in [4.78, 5) is 6.20. The van der Waals surface area contributed by atoms with Crippen LogP contribution in [0.2, 0.25) is 5.02 Å². The molecule has 0 amide bonds. The summed E-state index contributed by atoms with van der Waals surface area (Å²) in [6.07, 6.45) is 4.11. The molecule has 2 aromatic heterocycles. The van der Waals surface area contributed by atoms with Gasteiger partial charge < -0.3 is 14.6 Å². The average molecular weight is 284 g/mol. The van der Waals surface area contributed by atoms with Crippen LogP contribution in [0.5, 0.6) is 0 Å². The number of aromatic nitrogens is 4. The zero-order valence-corrected chi connectivity index (χ0v) is 12.0. The predicted octanol–water partition coefficient (Wildman–Crippen LogP) is 0.913. The number of aryl methyl sites for hydroxylation is 1. The van der Waals surface area contributed by atoms with Crippen molar-refractivity contribution in [1.29, 1.82) is 0 Å². The Hall–Kier alpha value is -1.37. The summed E-state index contributed by atoms with van der Waals surface area (Å²) in [6.45, 7) is 1.49. The Morgan fingerprint density at radius 3 is 2.79 bits per heavy atom. The van der Waals surface area contributed by atoms with Crippen LogP contribution in [0.25, 0.3) is 0 Å². The van der Waals surface area contributed by atoms with Gasteiger partial charge in [0.25, 0.3) is 0 Å². The van der Waals surface area contributed by atoms with E-state index in [1.165, 1.54) is 0 Å². The third-order valence-corrected chi connectivity index (χ3v) is 3.15. The molecule has 0 aliphatic carbocycles. The Bertz CT molecular complexity index is 548. The van der Waals surface area contributed by atoms with Crippen molar-refractivity contribution in [2.45, 2.75) is 12.6 Å². The molecule has 0 spiro atoms. The van der Waals surface area contributed by atoms with Crippen molar-refractivity contribution < 1.29 is 5.11 Å². The van der Waals surface area contributed by atoms with Crippen LogP contribution in [0.15, 0.2) is 18.7 Å². The molecule has 104 valence electrons. The van der Waals surface area contributed by atoms with Crippen LogP contribution in [0.1, 0.15) is 17.5 Å². The summed E-state index contributed by atoms with van der Waals surface area (Å²) in [7, 11) is 5.83. The van der Waals surface area contributed by atoms with E-state index in [1.807, 2.05) is 26.0 Å². The molecule has 1 unspecified atom stereocenters. The SMILES string of the molecule is CN(C)CCn1ncc(Cl)c1C(O)c1cn(C)cn1. The predicted molar refractivity (Wildman–Crippen MR) is 73.1 cm³/mol. The van der Waals surface area contributed by atoms with Crippen LogP contribution in [0.3, 0.4) is 0 Å². The lowest BCUT2D eigenvalue weighted by Gasteiger charge is -2.14. The highest BCUT2D eigenvalue weighted by Gasteiger charge is 2.21. The van der Waals surface area contributed by atoms with Crippen LogP contribution in [-0.2, 0) is 13.6 Å². The fraction of sp³-hybridized carbons (Fsp3) is 0.500. The van der Waals surface area contributed by atoms with E-state index in [4.69, 9.17) is 11.6 Å². The van der Waals surface area contributed by atoms with Crippen molar-refractivity contribution in [2.24, 2.45) is 7.05 Å². The molecule has 0 saturated carbocycles. The van der Waals surface area contributed by atoms with Crippen molar-refractivity contribution >= 4 is 11.6 Å². The lowest BCUT2D eigenvalue weighted by atomic mass is 10.2. The van der Waals surface area contributed by atoms with Crippen molar-refractivity contribution in [3.8, 4) is 0 Å². The molecule has 6 nitrogen and oxygen atoms in total. The normalized spacial score (nSPS) is 13.2. The van der Waals surface area contributed by atoms with E-state index in [2.05, 4.69) is 10.1 Å². The van der Waals surface area contributed by atoms with Crippen molar-refractivity contribution in [3.05, 3.63) is 35.1 Å². The Balaban J connectivity index is 2.25. The van der Waals surface area contributed by atoms with E-state index in [0.717, 1.165) is 6.54 Å². The minimum absolute atomic E-state index is 0.455. The number of imidazole rings is 1. The maximum Gasteiger partial charge on any atom is 0.140 e. The molecule has 2 heterocycles. The first-order chi connectivity index (χ1) is 8.99. The second-order valence-electron chi connectivity index (χ2n) is 4.77. The maximum atomic E-state index is 10.4. The highest BCUT2D eigenvalue weighted by atomic mass is 35.5. The molecule has 0 aliphatic rings. The quantitative estimate of drug-likeness (QED) is 0.886. The average Bonchev–Trinajstić information content (AvgIpc) is 2.92. The number of aliphatic hydroxyl groups is 1. The van der Waals surface area contributed by atoms with E-state index in [0.29, 0.717) is 23.0 Å². The number of hydrogen-bond donors (Lipinski definition) is 1. The zero-order valence-electron chi connectivity index (χ0n) is 11.3. The van der Waals surface area contributed by atoms with E-state index in [9.17, 15) is 5.11 Å². The number of halogens is 1. The summed E-state index contributed by atoms with van der Waals surface area (Å²) >= 11 is 6.12. The minimum Gasteiger partial charge on any atom is -0.380 e. The molecule has 1 atom stereocenters. The number of nitrogens with zero attached hydrogens (tertiary/aromatic N) is 5. The molecule has 0 saturated heterocycles. The molecule has 0 bridgehead atoms. The van der Waals surface area contributed by atoms with Gasteiger partial charge in [-0.1, -0.05) is 11.6 Å². The molecule has 0 aromatic carbocycles. The smallest absolute Gasteiger partial charge is 0.140 e. The molecule has 0 aliphatic heterocycles. The van der Waals surface area contributed by atoms with E-state index < -0.39 is 6.10 Å². The molecule has 2 rings (SSSR count). The Morgan fingerprint density at radius 2 is 2.21 bits per heavy atom. The fourth-order valence-corrected chi connectivity index (χ4v) is 2.08. The molecular weight excluding hydrogens is 266 g/mol. The van der Waals surface area contributed by atoms with Gasteiger partial charge in [0.05, 0.1) is 35.5 Å². The van der Waals surface area contributed by atoms with Crippen LogP contribution in [0.4, 0.5) is 0 Å². The first-order valence-corrected chi connectivity index (χ1v) is 6.38. The summed E-state index contributed by atoms with van der Waals surface area (Å²) in [5.41, 5.74) is 1.15. The number of aliphatic hydroxyl groups excluding tert-OH is 1. The van der Waals surface area contributed by atoms with Gasteiger partial charge in [-0.2, -0.15) is 5.10 Å². The van der Waals surface area contributed by atoms with Gasteiger partial charge in [0.15, 0.2) is 0 Å². The monoisotopic (exact) mass is 283 g/mol. The lowest BCUT2D eigenvalue weighted by Crippen LogP contribution is -2.21. The fourth-order valence-electron chi connectivity index (χ4n) is 1.83. The van der Waals surface area contributed by atoms with Crippen LogP contribution < -0.4 is 0 Å². The first kappa shape index (κ1) is 14.0. The third kappa shape index (κ3) is 3.15. The van der Waals surface area contributed by atoms with Crippen molar-refractivity contribution in [2.75, 3.05) is 20.6 Å². The van der Waals surface area contributed by atoms with Crippen LogP contribution in [0, 0.1) is 0 Å². The summed E-state index contributed by atoms with van der Waals surface area (Å²) in [5.74, 6) is 0. The zero-order chi connectivity index (χ0) is 14.0. The molecule has 0 fully saturated rings. The molecule has 7 heteroatoms. The van der Waals surface area contributed by atoms with Crippen molar-refractivity contribution in [1.82, 2.24) is 24.2 Å². The van der Waals surface area contributed by atoms with E-state index in [-0.39, 0.29) is 0 Å². The van der Waals surface area contributed by atoms with Crippen molar-refractivity contribution in [3.63, 3.8) is 0 Å². The van der Waals surface area contributed by atoms with Gasteiger partial charge >= 0.3 is 0 Å². The lowest BCUT2D eigenvalue weighted by molar-refractivity contribution is 0.201. The van der Waals surface area contributed by atoms with Gasteiger partial charge in [-0.3, -0.25) is 4.68 Å².